The van der Waals surface area contributed by atoms with Gasteiger partial charge in [0.1, 0.15) is 11.2 Å². The Balaban J connectivity index is 1.77. The van der Waals surface area contributed by atoms with Gasteiger partial charge in [-0.05, 0) is 35.0 Å². The van der Waals surface area contributed by atoms with Gasteiger partial charge in [0, 0.05) is 13.1 Å². The lowest BCUT2D eigenvalue weighted by atomic mass is 10.4. The van der Waals surface area contributed by atoms with E-state index in [-0.39, 0.29) is 17.3 Å². The molecule has 0 saturated carbocycles. The third kappa shape index (κ3) is 2.71. The highest BCUT2D eigenvalue weighted by molar-refractivity contribution is 9.10. The van der Waals surface area contributed by atoms with Crippen molar-refractivity contribution in [1.29, 1.82) is 0 Å². The van der Waals surface area contributed by atoms with Crippen molar-refractivity contribution in [3.05, 3.63) is 50.9 Å². The Labute approximate surface area is 154 Å². The van der Waals surface area contributed by atoms with Crippen molar-refractivity contribution in [2.45, 2.75) is 6.92 Å². The van der Waals surface area contributed by atoms with Gasteiger partial charge in [-0.25, -0.2) is 0 Å². The fourth-order valence-corrected chi connectivity index (χ4v) is 2.79. The van der Waals surface area contributed by atoms with Crippen LogP contribution in [-0.2, 0) is 7.05 Å². The Bertz CT molecular complexity index is 1200. The van der Waals surface area contributed by atoms with E-state index < -0.39 is 5.91 Å². The van der Waals surface area contributed by atoms with Crippen LogP contribution in [0, 0.1) is 6.92 Å². The number of aromatic nitrogens is 6. The van der Waals surface area contributed by atoms with Crippen molar-refractivity contribution in [3.63, 3.8) is 0 Å². The number of nitrogens with one attached hydrogen (secondary N) is 2. The summed E-state index contributed by atoms with van der Waals surface area (Å²) in [7, 11) is 1.68. The Morgan fingerprint density at radius 3 is 2.92 bits per heavy atom. The largest absolute Gasteiger partial charge is 0.444 e. The molecule has 1 amide bonds. The molecule has 0 aromatic carbocycles. The average Bonchev–Trinajstić information content (AvgIpc) is 3.28. The minimum atomic E-state index is -0.458. The number of fused-ring (bicyclic) bond motifs is 1. The van der Waals surface area contributed by atoms with Gasteiger partial charge in [0.25, 0.3) is 11.5 Å². The molecule has 0 saturated heterocycles. The van der Waals surface area contributed by atoms with Crippen LogP contribution >= 0.6 is 15.9 Å². The Kier molecular flexibility index (Phi) is 3.72. The fraction of sp³-hybridized carbons (Fsp3) is 0.133. The summed E-state index contributed by atoms with van der Waals surface area (Å²) in [6.07, 6.45) is 1.44. The first-order valence-corrected chi connectivity index (χ1v) is 8.27. The van der Waals surface area contributed by atoms with Gasteiger partial charge in [0.2, 0.25) is 5.95 Å². The smallest absolute Gasteiger partial charge is 0.292 e. The molecule has 2 N–H and O–H groups in total. The van der Waals surface area contributed by atoms with E-state index in [1.54, 1.807) is 26.1 Å². The van der Waals surface area contributed by atoms with E-state index in [4.69, 9.17) is 4.42 Å². The molecule has 0 aliphatic heterocycles. The second kappa shape index (κ2) is 5.95. The zero-order valence-electron chi connectivity index (χ0n) is 13.6. The molecule has 0 radical (unpaired) electrons. The number of rotatable bonds is 3. The number of hydrogen-bond donors (Lipinski definition) is 2. The molecule has 0 atom stereocenters. The predicted octanol–water partition coefficient (Wildman–Crippen LogP) is 1.76. The van der Waals surface area contributed by atoms with Gasteiger partial charge in [-0.1, -0.05) is 0 Å². The molecule has 11 heteroatoms. The monoisotopic (exact) mass is 417 g/mol. The molecule has 0 aliphatic rings. The number of furan rings is 1. The molecule has 4 aromatic rings. The van der Waals surface area contributed by atoms with Gasteiger partial charge >= 0.3 is 0 Å². The molecule has 26 heavy (non-hydrogen) atoms. The first kappa shape index (κ1) is 16.3. The normalized spacial score (nSPS) is 11.2. The summed E-state index contributed by atoms with van der Waals surface area (Å²) in [4.78, 5) is 31.6. The molecular weight excluding hydrogens is 406 g/mol. The fourth-order valence-electron chi connectivity index (χ4n) is 2.49. The maximum atomic E-state index is 12.3. The van der Waals surface area contributed by atoms with Crippen LogP contribution in [0.4, 0.5) is 5.82 Å². The number of halogens is 1. The molecule has 0 aliphatic carbocycles. The van der Waals surface area contributed by atoms with Crippen LogP contribution in [0.25, 0.3) is 17.0 Å². The van der Waals surface area contributed by atoms with Crippen LogP contribution in [0.2, 0.25) is 0 Å². The van der Waals surface area contributed by atoms with Gasteiger partial charge in [0.05, 0.1) is 11.9 Å². The minimum absolute atomic E-state index is 0.130. The van der Waals surface area contributed by atoms with Gasteiger partial charge in [-0.15, -0.1) is 0 Å². The van der Waals surface area contributed by atoms with Gasteiger partial charge in [0.15, 0.2) is 16.1 Å². The molecule has 0 unspecified atom stereocenters. The molecule has 4 heterocycles. The number of aryl methyl sites for hydroxylation is 2. The Morgan fingerprint density at radius 1 is 1.38 bits per heavy atom. The van der Waals surface area contributed by atoms with Crippen LogP contribution in [0.3, 0.4) is 0 Å². The second-order valence-electron chi connectivity index (χ2n) is 5.54. The number of nitrogens with zero attached hydrogens (tertiary/aromatic N) is 5. The van der Waals surface area contributed by atoms with Crippen molar-refractivity contribution < 1.29 is 9.21 Å². The standard InChI is InChI=1S/C15H12BrN7O3/c1-7-5-11(18-14(25)9-3-4-10(16)26-9)23(21-7)15-19-12-8(13(24)20-15)6-17-22(12)2/h3-6H,1-2H3,(H,18,25)(H,19,20,24). The molecule has 132 valence electrons. The molecule has 0 bridgehead atoms. The highest BCUT2D eigenvalue weighted by Crippen LogP contribution is 2.18. The highest BCUT2D eigenvalue weighted by Gasteiger charge is 2.17. The first-order chi connectivity index (χ1) is 12.4. The second-order valence-corrected chi connectivity index (χ2v) is 6.32. The lowest BCUT2D eigenvalue weighted by molar-refractivity contribution is 0.0994. The number of amides is 1. The summed E-state index contributed by atoms with van der Waals surface area (Å²) in [5.41, 5.74) is 0.691. The van der Waals surface area contributed by atoms with Crippen LogP contribution < -0.4 is 10.9 Å². The van der Waals surface area contributed by atoms with Crippen molar-refractivity contribution >= 4 is 38.7 Å². The average molecular weight is 418 g/mol. The zero-order chi connectivity index (χ0) is 18.4. The lowest BCUT2D eigenvalue weighted by Crippen LogP contribution is -2.18. The zero-order valence-corrected chi connectivity index (χ0v) is 15.2. The number of carbonyl (C=O) groups excluding carboxylic acids is 1. The number of carbonyl (C=O) groups is 1. The Morgan fingerprint density at radius 2 is 2.19 bits per heavy atom. The number of aromatic amines is 1. The number of anilines is 1. The van der Waals surface area contributed by atoms with E-state index in [1.165, 1.54) is 21.6 Å². The molecule has 0 fully saturated rings. The SMILES string of the molecule is Cc1cc(NC(=O)c2ccc(Br)o2)n(-c2nc3c(cnn3C)c(=O)[nH]2)n1. The van der Waals surface area contributed by atoms with Crippen molar-refractivity contribution in [1.82, 2.24) is 29.5 Å². The van der Waals surface area contributed by atoms with Crippen LogP contribution in [0.5, 0.6) is 0 Å². The maximum absolute atomic E-state index is 12.3. The molecule has 0 spiro atoms. The quantitative estimate of drug-likeness (QED) is 0.523. The minimum Gasteiger partial charge on any atom is -0.444 e. The van der Waals surface area contributed by atoms with E-state index in [2.05, 4.69) is 41.4 Å². The molecule has 4 aromatic heterocycles. The third-order valence-corrected chi connectivity index (χ3v) is 4.09. The van der Waals surface area contributed by atoms with Crippen molar-refractivity contribution in [2.75, 3.05) is 5.32 Å². The summed E-state index contributed by atoms with van der Waals surface area (Å²) in [6.45, 7) is 1.76. The molecule has 4 rings (SSSR count). The van der Waals surface area contributed by atoms with Crippen LogP contribution in [0.15, 0.2) is 38.3 Å². The summed E-state index contributed by atoms with van der Waals surface area (Å²) >= 11 is 3.15. The number of hydrogen-bond acceptors (Lipinski definition) is 6. The lowest BCUT2D eigenvalue weighted by Gasteiger charge is -2.07. The number of H-pyrrole nitrogens is 1. The summed E-state index contributed by atoms with van der Waals surface area (Å²) in [5.74, 6) is 0.173. The summed E-state index contributed by atoms with van der Waals surface area (Å²) in [6, 6.07) is 4.81. The summed E-state index contributed by atoms with van der Waals surface area (Å²) in [5, 5.41) is 11.4. The predicted molar refractivity (Wildman–Crippen MR) is 95.3 cm³/mol. The molecular formula is C15H12BrN7O3. The summed E-state index contributed by atoms with van der Waals surface area (Å²) < 4.78 is 8.52. The van der Waals surface area contributed by atoms with Gasteiger partial charge in [-0.3, -0.25) is 19.3 Å². The van der Waals surface area contributed by atoms with Crippen LogP contribution in [-0.4, -0.2) is 35.4 Å². The molecule has 10 nitrogen and oxygen atoms in total. The highest BCUT2D eigenvalue weighted by atomic mass is 79.9. The van der Waals surface area contributed by atoms with E-state index in [1.807, 2.05) is 0 Å². The van der Waals surface area contributed by atoms with Crippen LogP contribution in [0.1, 0.15) is 16.2 Å². The van der Waals surface area contributed by atoms with Crippen molar-refractivity contribution in [2.24, 2.45) is 7.05 Å². The van der Waals surface area contributed by atoms with Gasteiger partial charge < -0.3 is 9.73 Å². The van der Waals surface area contributed by atoms with E-state index in [0.717, 1.165) is 0 Å². The van der Waals surface area contributed by atoms with E-state index in [9.17, 15) is 9.59 Å². The van der Waals surface area contributed by atoms with Crippen molar-refractivity contribution in [3.8, 4) is 5.95 Å². The van der Waals surface area contributed by atoms with E-state index >= 15 is 0 Å². The Hall–Kier alpha value is -3.21. The third-order valence-electron chi connectivity index (χ3n) is 3.66. The van der Waals surface area contributed by atoms with Gasteiger partial charge in [-0.2, -0.15) is 19.9 Å². The van der Waals surface area contributed by atoms with E-state index in [0.29, 0.717) is 27.2 Å². The topological polar surface area (TPSA) is 124 Å². The first-order valence-electron chi connectivity index (χ1n) is 7.48. The maximum Gasteiger partial charge on any atom is 0.292 e.